The van der Waals surface area contributed by atoms with Gasteiger partial charge in [-0.1, -0.05) is 45.4 Å². The Morgan fingerprint density at radius 1 is 0.915 bits per heavy atom. The molecule has 0 aliphatic heterocycles. The molecule has 7 nitrogen and oxygen atoms in total. The Hall–Kier alpha value is -3.37. The smallest absolute Gasteiger partial charge is 0.358 e. The van der Waals surface area contributed by atoms with Crippen LogP contribution in [0.1, 0.15) is 63.4 Å². The van der Waals surface area contributed by atoms with Crippen molar-refractivity contribution < 1.29 is 35.0 Å². The molecular weight excluding hydrogens is 645 g/mol. The number of anilines is 1. The van der Waals surface area contributed by atoms with Crippen LogP contribution in [0.3, 0.4) is 0 Å². The maximum atomic E-state index is 13.4. The molecule has 2 atom stereocenters. The number of rotatable bonds is 13. The van der Waals surface area contributed by atoms with Crippen LogP contribution >= 0.6 is 0 Å². The molecule has 1 radical (unpaired) electrons. The molecule has 1 aliphatic carbocycles. The van der Waals surface area contributed by atoms with Crippen LogP contribution in [0.2, 0.25) is 0 Å². The van der Waals surface area contributed by atoms with Crippen LogP contribution in [0.15, 0.2) is 90.7 Å². The van der Waals surface area contributed by atoms with Crippen LogP contribution in [-0.4, -0.2) is 63.1 Å². The van der Waals surface area contributed by atoms with Gasteiger partial charge in [-0.3, -0.25) is 29.6 Å². The van der Waals surface area contributed by atoms with Crippen molar-refractivity contribution in [3.63, 3.8) is 0 Å². The first-order valence-corrected chi connectivity index (χ1v) is 15.7. The molecule has 1 aromatic carbocycles. The summed E-state index contributed by atoms with van der Waals surface area (Å²) in [5.74, 6) is -0.296. The molecule has 255 valence electrons. The molecule has 2 aromatic heterocycles. The summed E-state index contributed by atoms with van der Waals surface area (Å²) in [7, 11) is 0. The number of halogens is 3. The van der Waals surface area contributed by atoms with E-state index in [0.717, 1.165) is 54.9 Å². The minimum absolute atomic E-state index is 0. The van der Waals surface area contributed by atoms with Crippen molar-refractivity contribution in [2.45, 2.75) is 77.8 Å². The molecule has 1 fully saturated rings. The number of pyridine rings is 2. The van der Waals surface area contributed by atoms with Crippen LogP contribution in [0.5, 0.6) is 0 Å². The molecule has 47 heavy (non-hydrogen) atoms. The van der Waals surface area contributed by atoms with Gasteiger partial charge in [0, 0.05) is 62.1 Å². The van der Waals surface area contributed by atoms with E-state index in [1.54, 1.807) is 18.5 Å². The molecule has 11 heteroatoms. The second-order valence-corrected chi connectivity index (χ2v) is 10.7. The minimum Gasteiger partial charge on any atom is -0.358 e. The van der Waals surface area contributed by atoms with Crippen LogP contribution < -0.4 is 5.32 Å². The topological polar surface area (TPSA) is 73.7 Å². The second-order valence-electron chi connectivity index (χ2n) is 10.7. The number of nitrogens with zero attached hydrogens (tertiary/aromatic N) is 5. The predicted octanol–water partition coefficient (Wildman–Crippen LogP) is 7.87. The maximum Gasteiger partial charge on any atom is 3.00 e. The Kier molecular flexibility index (Phi) is 19.0. The summed E-state index contributed by atoms with van der Waals surface area (Å²) in [6, 6.07) is 16.2. The van der Waals surface area contributed by atoms with Crippen molar-refractivity contribution in [2.75, 3.05) is 25.0 Å². The van der Waals surface area contributed by atoms with Gasteiger partial charge in [0.15, 0.2) is 0 Å². The van der Waals surface area contributed by atoms with E-state index in [1.165, 1.54) is 12.1 Å². The van der Waals surface area contributed by atoms with E-state index in [-0.39, 0.29) is 49.0 Å². The van der Waals surface area contributed by atoms with Crippen LogP contribution in [0.4, 0.5) is 18.9 Å². The number of benzene rings is 1. The van der Waals surface area contributed by atoms with E-state index >= 15 is 0 Å². The van der Waals surface area contributed by atoms with Crippen molar-refractivity contribution >= 4 is 17.3 Å². The maximum absolute atomic E-state index is 13.4. The molecule has 1 saturated carbocycles. The minimum atomic E-state index is -4.44. The number of nitrogens with one attached hydrogen (secondary N) is 1. The molecule has 3 aromatic rings. The molecule has 4 rings (SSSR count). The van der Waals surface area contributed by atoms with E-state index in [0.29, 0.717) is 31.9 Å². The fraction of sp³-hybridized carbons (Fsp3) is 0.417. The third kappa shape index (κ3) is 13.3. The summed E-state index contributed by atoms with van der Waals surface area (Å²) in [5.41, 5.74) is 2.25. The largest absolute Gasteiger partial charge is 3.00 e. The number of amides is 1. The van der Waals surface area contributed by atoms with Crippen molar-refractivity contribution in [2.24, 2.45) is 4.99 Å². The number of carbonyl (C=O) groups excluding carboxylic acids is 1. The van der Waals surface area contributed by atoms with Crippen molar-refractivity contribution in [3.05, 3.63) is 110 Å². The summed E-state index contributed by atoms with van der Waals surface area (Å²) in [6.45, 7) is 12.4. The van der Waals surface area contributed by atoms with Gasteiger partial charge in [0.25, 0.3) is 0 Å². The van der Waals surface area contributed by atoms with Gasteiger partial charge < -0.3 is 12.7 Å². The van der Waals surface area contributed by atoms with Gasteiger partial charge in [-0.05, 0) is 74.4 Å². The predicted molar refractivity (Wildman–Crippen MR) is 181 cm³/mol. The Labute approximate surface area is 289 Å². The van der Waals surface area contributed by atoms with Crippen molar-refractivity contribution in [1.29, 1.82) is 0 Å². The van der Waals surface area contributed by atoms with Gasteiger partial charge in [0.2, 0.25) is 5.91 Å². The fourth-order valence-corrected chi connectivity index (χ4v) is 5.64. The Balaban J connectivity index is 0.00000271. The van der Waals surface area contributed by atoms with E-state index in [1.807, 2.05) is 57.2 Å². The quantitative estimate of drug-likeness (QED) is 0.112. The third-order valence-electron chi connectivity index (χ3n) is 7.62. The average molecular weight is 694 g/mol. The Morgan fingerprint density at radius 3 is 1.85 bits per heavy atom. The van der Waals surface area contributed by atoms with Gasteiger partial charge in [0.05, 0.1) is 23.5 Å². The molecule has 1 N–H and O–H groups in total. The molecule has 1 aliphatic rings. The summed E-state index contributed by atoms with van der Waals surface area (Å²) >= 11 is 0. The summed E-state index contributed by atoms with van der Waals surface area (Å²) < 4.78 is 39.1. The first-order chi connectivity index (χ1) is 21.8. The Bertz CT molecular complexity index is 1340. The summed E-state index contributed by atoms with van der Waals surface area (Å²) in [4.78, 5) is 31.7. The SMILES string of the molecule is C=CC(CN(Cc1ccccn1)C1CCCC[C@@H]1N(CC(=O)Nc1ccc(C(F)(F)F)cc1)Cc1ccccn1)=NCC.CC.[CH3-].[Fe+3]. The van der Waals surface area contributed by atoms with Gasteiger partial charge >= 0.3 is 23.2 Å². The number of carbonyl (C=O) groups is 1. The van der Waals surface area contributed by atoms with E-state index < -0.39 is 11.7 Å². The first kappa shape index (κ1) is 41.7. The van der Waals surface area contributed by atoms with Gasteiger partial charge in [0.1, 0.15) is 0 Å². The zero-order valence-corrected chi connectivity index (χ0v) is 29.0. The van der Waals surface area contributed by atoms with Gasteiger partial charge in [-0.25, -0.2) is 0 Å². The van der Waals surface area contributed by atoms with Crippen molar-refractivity contribution in [1.82, 2.24) is 19.8 Å². The first-order valence-electron chi connectivity index (χ1n) is 15.7. The molecule has 0 bridgehead atoms. The van der Waals surface area contributed by atoms with E-state index in [2.05, 4.69) is 36.7 Å². The second kappa shape index (κ2) is 21.5. The number of alkyl halides is 3. The van der Waals surface area contributed by atoms with Crippen LogP contribution in [-0.2, 0) is 41.1 Å². The molecule has 1 unspecified atom stereocenters. The van der Waals surface area contributed by atoms with E-state index in [4.69, 9.17) is 0 Å². The molecule has 0 spiro atoms. The van der Waals surface area contributed by atoms with E-state index in [9.17, 15) is 18.0 Å². The van der Waals surface area contributed by atoms with Gasteiger partial charge in [-0.15, -0.1) is 0 Å². The molecule has 2 heterocycles. The van der Waals surface area contributed by atoms with Gasteiger partial charge in [-0.2, -0.15) is 13.2 Å². The number of hydrogen-bond donors (Lipinski definition) is 1. The zero-order chi connectivity index (χ0) is 32.7. The number of aliphatic imine (C=N–C) groups is 1. The standard InChI is InChI=1S/C33H39F3N6O.C2H6.CH3.Fe/c1-3-26(37-4-2)21-41(22-28-11-7-9-19-38-28)30-13-5-6-14-31(30)42(23-29-12-8-10-20-39-29)24-32(43)40-27-17-15-25(16-18-27)33(34,35)36;1-2;;/h3,7-12,15-20,30-31H,1,4-6,13-14,21-24H2,2H3,(H,40,43);1-2H3;1H3;/q;;-1;+3/t30?,31-;;;/m0.../s1. The third-order valence-corrected chi connectivity index (χ3v) is 7.62. The molecule has 0 saturated heterocycles. The fourth-order valence-electron chi connectivity index (χ4n) is 5.64. The number of aromatic nitrogens is 2. The summed E-state index contributed by atoms with van der Waals surface area (Å²) in [6.07, 6.45) is 4.80. The average Bonchev–Trinajstić information content (AvgIpc) is 3.05. The normalized spacial score (nSPS) is 16.3. The number of hydrogen-bond acceptors (Lipinski definition) is 6. The molecular formula is C36H48F3FeN6O+2. The van der Waals surface area contributed by atoms with Crippen LogP contribution in [0, 0.1) is 7.43 Å². The van der Waals surface area contributed by atoms with Crippen molar-refractivity contribution in [3.8, 4) is 0 Å². The molecule has 1 amide bonds. The summed E-state index contributed by atoms with van der Waals surface area (Å²) in [5, 5.41) is 2.79. The Morgan fingerprint density at radius 2 is 1.43 bits per heavy atom. The monoisotopic (exact) mass is 693 g/mol. The van der Waals surface area contributed by atoms with Crippen LogP contribution in [0.25, 0.3) is 0 Å². The zero-order valence-electron chi connectivity index (χ0n) is 27.9.